The predicted molar refractivity (Wildman–Crippen MR) is 81.2 cm³/mol. The maximum absolute atomic E-state index is 6.06. The molecule has 3 heteroatoms. The molecule has 0 aliphatic carbocycles. The van der Waals surface area contributed by atoms with Gasteiger partial charge >= 0.3 is 0 Å². The minimum Gasteiger partial charge on any atom is -0.493 e. The molecule has 1 aromatic rings. The summed E-state index contributed by atoms with van der Waals surface area (Å²) in [4.78, 5) is 0. The van der Waals surface area contributed by atoms with E-state index in [1.54, 1.807) is 0 Å². The lowest BCUT2D eigenvalue weighted by Gasteiger charge is -2.18. The van der Waals surface area contributed by atoms with Crippen molar-refractivity contribution in [2.45, 2.75) is 40.2 Å². The molecule has 0 aromatic heterocycles. The Bertz CT molecular complexity index is 375. The van der Waals surface area contributed by atoms with Crippen molar-refractivity contribution in [1.82, 2.24) is 5.32 Å². The first-order valence-corrected chi connectivity index (χ1v) is 7.48. The van der Waals surface area contributed by atoms with Crippen molar-refractivity contribution in [2.24, 2.45) is 5.92 Å². The molecule has 0 heterocycles. The van der Waals surface area contributed by atoms with Gasteiger partial charge in [0, 0.05) is 16.6 Å². The first-order valence-electron chi connectivity index (χ1n) is 6.68. The first kappa shape index (κ1) is 15.5. The van der Waals surface area contributed by atoms with Gasteiger partial charge in [0.25, 0.3) is 0 Å². The Morgan fingerprint density at radius 3 is 2.50 bits per heavy atom. The molecule has 0 aliphatic heterocycles. The van der Waals surface area contributed by atoms with Crippen LogP contribution in [0.1, 0.15) is 37.8 Å². The summed E-state index contributed by atoms with van der Waals surface area (Å²) in [5, 5.41) is 3.19. The van der Waals surface area contributed by atoms with Gasteiger partial charge in [-0.1, -0.05) is 42.6 Å². The molecule has 0 saturated carbocycles. The summed E-state index contributed by atoms with van der Waals surface area (Å²) in [6.07, 6.45) is 2.35. The Kier molecular flexibility index (Phi) is 6.72. The van der Waals surface area contributed by atoms with E-state index in [2.05, 4.69) is 54.2 Å². The second-order valence-corrected chi connectivity index (χ2v) is 5.65. The Morgan fingerprint density at radius 1 is 1.28 bits per heavy atom. The lowest BCUT2D eigenvalue weighted by Crippen LogP contribution is -2.14. The Labute approximate surface area is 119 Å². The fourth-order valence-electron chi connectivity index (χ4n) is 2.05. The number of halogens is 1. The van der Waals surface area contributed by atoms with Gasteiger partial charge in [-0.25, -0.2) is 0 Å². The Hall–Kier alpha value is -0.540. The number of nitrogens with one attached hydrogen (secondary N) is 1. The number of rotatable bonds is 7. The molecule has 0 fully saturated rings. The van der Waals surface area contributed by atoms with Crippen LogP contribution in [0.4, 0.5) is 0 Å². The highest BCUT2D eigenvalue weighted by Gasteiger charge is 2.11. The standard InChI is InChI=1S/C15H24BrNO/c1-5-12(6-2)10-18-15-11(3)7-14(16)8-13(15)9-17-4/h7-8,12,17H,5-6,9-10H2,1-4H3. The smallest absolute Gasteiger partial charge is 0.126 e. The van der Waals surface area contributed by atoms with Crippen molar-refractivity contribution in [3.05, 3.63) is 27.7 Å². The van der Waals surface area contributed by atoms with E-state index in [-0.39, 0.29) is 0 Å². The van der Waals surface area contributed by atoms with Gasteiger partial charge in [-0.05, 0) is 37.6 Å². The fraction of sp³-hybridized carbons (Fsp3) is 0.600. The van der Waals surface area contributed by atoms with E-state index in [4.69, 9.17) is 4.74 Å². The molecular weight excluding hydrogens is 290 g/mol. The van der Waals surface area contributed by atoms with Crippen LogP contribution >= 0.6 is 15.9 Å². The third-order valence-electron chi connectivity index (χ3n) is 3.30. The SMILES string of the molecule is CCC(CC)COc1c(C)cc(Br)cc1CNC. The molecule has 0 atom stereocenters. The number of hydrogen-bond donors (Lipinski definition) is 1. The van der Waals surface area contributed by atoms with E-state index in [1.165, 1.54) is 24.0 Å². The molecule has 0 aliphatic rings. The summed E-state index contributed by atoms with van der Waals surface area (Å²) in [5.74, 6) is 1.69. The van der Waals surface area contributed by atoms with Crippen molar-refractivity contribution in [2.75, 3.05) is 13.7 Å². The summed E-state index contributed by atoms with van der Waals surface area (Å²) in [6, 6.07) is 4.24. The maximum Gasteiger partial charge on any atom is 0.126 e. The third-order valence-corrected chi connectivity index (χ3v) is 3.76. The summed E-state index contributed by atoms with van der Waals surface area (Å²) in [6.45, 7) is 8.19. The van der Waals surface area contributed by atoms with Crippen molar-refractivity contribution in [3.63, 3.8) is 0 Å². The molecule has 18 heavy (non-hydrogen) atoms. The van der Waals surface area contributed by atoms with E-state index in [0.29, 0.717) is 5.92 Å². The van der Waals surface area contributed by atoms with Gasteiger partial charge < -0.3 is 10.1 Å². The molecule has 1 N–H and O–H groups in total. The molecule has 0 spiro atoms. The summed E-state index contributed by atoms with van der Waals surface area (Å²) in [7, 11) is 1.96. The van der Waals surface area contributed by atoms with E-state index >= 15 is 0 Å². The lowest BCUT2D eigenvalue weighted by atomic mass is 10.0. The summed E-state index contributed by atoms with van der Waals surface area (Å²) >= 11 is 3.54. The number of hydrogen-bond acceptors (Lipinski definition) is 2. The third kappa shape index (κ3) is 4.29. The lowest BCUT2D eigenvalue weighted by molar-refractivity contribution is 0.237. The highest BCUT2D eigenvalue weighted by Crippen LogP contribution is 2.28. The molecular formula is C15H24BrNO. The van der Waals surface area contributed by atoms with Crippen LogP contribution in [0.15, 0.2) is 16.6 Å². The van der Waals surface area contributed by atoms with E-state index in [9.17, 15) is 0 Å². The van der Waals surface area contributed by atoms with Crippen LogP contribution in [0.3, 0.4) is 0 Å². The van der Waals surface area contributed by atoms with Gasteiger partial charge in [0.2, 0.25) is 0 Å². The van der Waals surface area contributed by atoms with Gasteiger partial charge in [0.1, 0.15) is 5.75 Å². The second kappa shape index (κ2) is 7.80. The second-order valence-electron chi connectivity index (χ2n) is 4.73. The molecule has 1 rings (SSSR count). The highest BCUT2D eigenvalue weighted by atomic mass is 79.9. The van der Waals surface area contributed by atoms with Crippen LogP contribution in [-0.4, -0.2) is 13.7 Å². The average molecular weight is 314 g/mol. The van der Waals surface area contributed by atoms with Crippen molar-refractivity contribution >= 4 is 15.9 Å². The number of benzene rings is 1. The molecule has 2 nitrogen and oxygen atoms in total. The van der Waals surface area contributed by atoms with Gasteiger partial charge in [0.15, 0.2) is 0 Å². The molecule has 0 amide bonds. The quantitative estimate of drug-likeness (QED) is 0.810. The molecule has 102 valence electrons. The molecule has 0 saturated heterocycles. The Morgan fingerprint density at radius 2 is 1.94 bits per heavy atom. The van der Waals surface area contributed by atoms with Crippen molar-refractivity contribution < 1.29 is 4.74 Å². The number of ether oxygens (including phenoxy) is 1. The monoisotopic (exact) mass is 313 g/mol. The zero-order valence-electron chi connectivity index (χ0n) is 11.8. The zero-order valence-corrected chi connectivity index (χ0v) is 13.4. The predicted octanol–water partition coefficient (Wildman–Crippen LogP) is 4.29. The summed E-state index contributed by atoms with van der Waals surface area (Å²) in [5.41, 5.74) is 2.41. The molecule has 0 unspecified atom stereocenters. The first-order chi connectivity index (χ1) is 8.62. The van der Waals surface area contributed by atoms with E-state index < -0.39 is 0 Å². The van der Waals surface area contributed by atoms with Gasteiger partial charge in [0.05, 0.1) is 6.61 Å². The minimum absolute atomic E-state index is 0.649. The van der Waals surface area contributed by atoms with E-state index in [1.807, 2.05) is 7.05 Å². The summed E-state index contributed by atoms with van der Waals surface area (Å²) < 4.78 is 7.17. The van der Waals surface area contributed by atoms with Gasteiger partial charge in [-0.2, -0.15) is 0 Å². The number of aryl methyl sites for hydroxylation is 1. The topological polar surface area (TPSA) is 21.3 Å². The average Bonchev–Trinajstić information content (AvgIpc) is 2.33. The zero-order chi connectivity index (χ0) is 13.5. The van der Waals surface area contributed by atoms with Crippen LogP contribution in [0, 0.1) is 12.8 Å². The van der Waals surface area contributed by atoms with Crippen LogP contribution < -0.4 is 10.1 Å². The Balaban J connectivity index is 2.85. The van der Waals surface area contributed by atoms with Crippen LogP contribution in [0.2, 0.25) is 0 Å². The van der Waals surface area contributed by atoms with Crippen LogP contribution in [0.5, 0.6) is 5.75 Å². The van der Waals surface area contributed by atoms with Crippen molar-refractivity contribution in [1.29, 1.82) is 0 Å². The van der Waals surface area contributed by atoms with Gasteiger partial charge in [-0.15, -0.1) is 0 Å². The minimum atomic E-state index is 0.649. The molecule has 1 aromatic carbocycles. The fourth-order valence-corrected chi connectivity index (χ4v) is 2.67. The van der Waals surface area contributed by atoms with E-state index in [0.717, 1.165) is 23.4 Å². The highest BCUT2D eigenvalue weighted by molar-refractivity contribution is 9.10. The van der Waals surface area contributed by atoms with Crippen LogP contribution in [-0.2, 0) is 6.54 Å². The molecule has 0 radical (unpaired) electrons. The normalized spacial score (nSPS) is 11.0. The largest absolute Gasteiger partial charge is 0.493 e. The van der Waals surface area contributed by atoms with Crippen LogP contribution in [0.25, 0.3) is 0 Å². The molecule has 0 bridgehead atoms. The maximum atomic E-state index is 6.06. The van der Waals surface area contributed by atoms with Gasteiger partial charge in [-0.3, -0.25) is 0 Å². The van der Waals surface area contributed by atoms with Crippen molar-refractivity contribution in [3.8, 4) is 5.75 Å².